The highest BCUT2D eigenvalue weighted by molar-refractivity contribution is 5.92. The van der Waals surface area contributed by atoms with Crippen LogP contribution in [0.15, 0.2) is 53.1 Å². The summed E-state index contributed by atoms with van der Waals surface area (Å²) in [6, 6.07) is 16.0. The lowest BCUT2D eigenvalue weighted by Gasteiger charge is -2.29. The van der Waals surface area contributed by atoms with Crippen LogP contribution in [0.1, 0.15) is 35.8 Å². The fraction of sp³-hybridized carbons (Fsp3) is 0.348. The molecule has 0 radical (unpaired) electrons. The van der Waals surface area contributed by atoms with Crippen LogP contribution in [-0.4, -0.2) is 40.6 Å². The summed E-state index contributed by atoms with van der Waals surface area (Å²) in [5, 5.41) is 7.14. The molecule has 2 aromatic carbocycles. The van der Waals surface area contributed by atoms with Crippen molar-refractivity contribution in [3.05, 3.63) is 65.5 Å². The third-order valence-corrected chi connectivity index (χ3v) is 5.32. The fourth-order valence-corrected chi connectivity index (χ4v) is 3.77. The van der Waals surface area contributed by atoms with Crippen LogP contribution >= 0.6 is 0 Å². The van der Waals surface area contributed by atoms with E-state index >= 15 is 0 Å². The van der Waals surface area contributed by atoms with E-state index in [4.69, 9.17) is 4.52 Å². The fourth-order valence-electron chi connectivity index (χ4n) is 3.77. The van der Waals surface area contributed by atoms with Crippen molar-refractivity contribution >= 4 is 11.6 Å². The summed E-state index contributed by atoms with van der Waals surface area (Å²) in [5.41, 5.74) is 4.13. The van der Waals surface area contributed by atoms with Gasteiger partial charge in [-0.3, -0.25) is 9.69 Å². The number of hydrogen-bond acceptors (Lipinski definition) is 5. The largest absolute Gasteiger partial charge is 0.339 e. The predicted molar refractivity (Wildman–Crippen MR) is 113 cm³/mol. The van der Waals surface area contributed by atoms with Crippen molar-refractivity contribution in [2.24, 2.45) is 0 Å². The van der Waals surface area contributed by atoms with Crippen LogP contribution in [0.3, 0.4) is 0 Å². The number of aryl methyl sites for hydroxylation is 2. The topological polar surface area (TPSA) is 71.3 Å². The van der Waals surface area contributed by atoms with E-state index in [9.17, 15) is 4.79 Å². The Kier molecular flexibility index (Phi) is 5.71. The minimum atomic E-state index is 0.0218. The SMILES string of the molecule is Cc1cccc(NC(=O)CN2CCC(c3nc(-c4cccc(C)c4)no3)CC2)c1. The number of anilines is 1. The molecule has 29 heavy (non-hydrogen) atoms. The van der Waals surface area contributed by atoms with Crippen molar-refractivity contribution in [3.63, 3.8) is 0 Å². The second-order valence-electron chi connectivity index (χ2n) is 7.79. The van der Waals surface area contributed by atoms with Crippen molar-refractivity contribution in [2.75, 3.05) is 25.0 Å². The molecule has 6 heteroatoms. The molecule has 4 rings (SSSR count). The van der Waals surface area contributed by atoms with Crippen molar-refractivity contribution in [3.8, 4) is 11.4 Å². The maximum absolute atomic E-state index is 12.3. The zero-order valence-corrected chi connectivity index (χ0v) is 16.9. The van der Waals surface area contributed by atoms with Crippen molar-refractivity contribution in [2.45, 2.75) is 32.6 Å². The summed E-state index contributed by atoms with van der Waals surface area (Å²) in [6.45, 7) is 6.15. The Morgan fingerprint density at radius 1 is 1.10 bits per heavy atom. The van der Waals surface area contributed by atoms with Gasteiger partial charge in [0, 0.05) is 17.2 Å². The van der Waals surface area contributed by atoms with Crippen molar-refractivity contribution in [1.82, 2.24) is 15.0 Å². The smallest absolute Gasteiger partial charge is 0.238 e. The molecule has 6 nitrogen and oxygen atoms in total. The van der Waals surface area contributed by atoms with Gasteiger partial charge in [-0.15, -0.1) is 0 Å². The van der Waals surface area contributed by atoms with E-state index in [0.717, 1.165) is 42.7 Å². The van der Waals surface area contributed by atoms with Crippen LogP contribution in [-0.2, 0) is 4.79 Å². The molecule has 1 N–H and O–H groups in total. The van der Waals surface area contributed by atoms with Crippen LogP contribution in [0, 0.1) is 13.8 Å². The van der Waals surface area contributed by atoms with E-state index in [2.05, 4.69) is 39.4 Å². The standard InChI is InChI=1S/C23H26N4O2/c1-16-5-3-7-19(13-16)22-25-23(29-26-22)18-9-11-27(12-10-18)15-21(28)24-20-8-4-6-17(2)14-20/h3-8,13-14,18H,9-12,15H2,1-2H3,(H,24,28). The number of nitrogens with zero attached hydrogens (tertiary/aromatic N) is 3. The first-order chi connectivity index (χ1) is 14.1. The van der Waals surface area contributed by atoms with Gasteiger partial charge in [0.25, 0.3) is 0 Å². The van der Waals surface area contributed by atoms with Gasteiger partial charge >= 0.3 is 0 Å². The minimum absolute atomic E-state index is 0.0218. The molecular weight excluding hydrogens is 364 g/mol. The zero-order chi connectivity index (χ0) is 20.2. The maximum Gasteiger partial charge on any atom is 0.238 e. The molecule has 1 fully saturated rings. The average molecular weight is 390 g/mol. The molecule has 0 spiro atoms. The second kappa shape index (κ2) is 8.57. The lowest BCUT2D eigenvalue weighted by Crippen LogP contribution is -2.38. The van der Waals surface area contributed by atoms with E-state index in [0.29, 0.717) is 18.3 Å². The summed E-state index contributed by atoms with van der Waals surface area (Å²) in [7, 11) is 0. The lowest BCUT2D eigenvalue weighted by atomic mass is 9.97. The molecule has 0 saturated carbocycles. The normalized spacial score (nSPS) is 15.4. The zero-order valence-electron chi connectivity index (χ0n) is 16.9. The lowest BCUT2D eigenvalue weighted by molar-refractivity contribution is -0.117. The van der Waals surface area contributed by atoms with Crippen LogP contribution in [0.25, 0.3) is 11.4 Å². The summed E-state index contributed by atoms with van der Waals surface area (Å²) in [5.74, 6) is 1.61. The number of hydrogen-bond donors (Lipinski definition) is 1. The van der Waals surface area contributed by atoms with Gasteiger partial charge in [0.05, 0.1) is 6.54 Å². The number of piperidine rings is 1. The van der Waals surface area contributed by atoms with Gasteiger partial charge < -0.3 is 9.84 Å². The van der Waals surface area contributed by atoms with Gasteiger partial charge in [0.1, 0.15) is 0 Å². The summed E-state index contributed by atoms with van der Waals surface area (Å²) in [4.78, 5) is 19.1. The summed E-state index contributed by atoms with van der Waals surface area (Å²) < 4.78 is 5.55. The molecule has 0 unspecified atom stereocenters. The monoisotopic (exact) mass is 390 g/mol. The quantitative estimate of drug-likeness (QED) is 0.708. The Morgan fingerprint density at radius 3 is 2.55 bits per heavy atom. The molecule has 150 valence electrons. The highest BCUT2D eigenvalue weighted by Gasteiger charge is 2.26. The molecule has 0 bridgehead atoms. The Labute approximate surface area is 170 Å². The third-order valence-electron chi connectivity index (χ3n) is 5.32. The molecule has 0 aliphatic carbocycles. The van der Waals surface area contributed by atoms with E-state index < -0.39 is 0 Å². The minimum Gasteiger partial charge on any atom is -0.339 e. The van der Waals surface area contributed by atoms with Gasteiger partial charge in [0.15, 0.2) is 0 Å². The van der Waals surface area contributed by atoms with Crippen LogP contribution in [0.4, 0.5) is 5.69 Å². The molecule has 1 amide bonds. The van der Waals surface area contributed by atoms with E-state index in [1.54, 1.807) is 0 Å². The number of amides is 1. The molecule has 1 aliphatic rings. The number of benzene rings is 2. The number of carbonyl (C=O) groups is 1. The molecular formula is C23H26N4O2. The highest BCUT2D eigenvalue weighted by Crippen LogP contribution is 2.28. The van der Waals surface area contributed by atoms with E-state index in [-0.39, 0.29) is 11.8 Å². The number of carbonyl (C=O) groups excluding carboxylic acids is 1. The van der Waals surface area contributed by atoms with E-state index in [1.807, 2.05) is 43.3 Å². The van der Waals surface area contributed by atoms with Crippen LogP contribution in [0.2, 0.25) is 0 Å². The summed E-state index contributed by atoms with van der Waals surface area (Å²) >= 11 is 0. The molecule has 2 heterocycles. The maximum atomic E-state index is 12.3. The van der Waals surface area contributed by atoms with E-state index in [1.165, 1.54) is 5.56 Å². The summed E-state index contributed by atoms with van der Waals surface area (Å²) in [6.07, 6.45) is 1.82. The Hall–Kier alpha value is -2.99. The third kappa shape index (κ3) is 4.90. The molecule has 3 aromatic rings. The highest BCUT2D eigenvalue weighted by atomic mass is 16.5. The first-order valence-corrected chi connectivity index (χ1v) is 10.1. The van der Waals surface area contributed by atoms with Crippen molar-refractivity contribution < 1.29 is 9.32 Å². The number of rotatable bonds is 5. The van der Waals surface area contributed by atoms with Crippen LogP contribution in [0.5, 0.6) is 0 Å². The van der Waals surface area contributed by atoms with Gasteiger partial charge in [-0.05, 0) is 63.5 Å². The number of aromatic nitrogens is 2. The molecule has 1 aliphatic heterocycles. The van der Waals surface area contributed by atoms with Crippen LogP contribution < -0.4 is 5.32 Å². The first kappa shape index (κ1) is 19.3. The predicted octanol–water partition coefficient (Wildman–Crippen LogP) is 4.17. The molecule has 0 atom stereocenters. The Morgan fingerprint density at radius 2 is 1.83 bits per heavy atom. The average Bonchev–Trinajstić information content (AvgIpc) is 3.19. The van der Waals surface area contributed by atoms with Gasteiger partial charge in [-0.2, -0.15) is 4.98 Å². The molecule has 1 aromatic heterocycles. The molecule has 1 saturated heterocycles. The van der Waals surface area contributed by atoms with Crippen molar-refractivity contribution in [1.29, 1.82) is 0 Å². The van der Waals surface area contributed by atoms with Gasteiger partial charge in [-0.25, -0.2) is 0 Å². The number of nitrogens with one attached hydrogen (secondary N) is 1. The Bertz CT molecular complexity index is 990. The Balaban J connectivity index is 1.30. The second-order valence-corrected chi connectivity index (χ2v) is 7.79. The van der Waals surface area contributed by atoms with Gasteiger partial charge in [-0.1, -0.05) is 41.1 Å². The van der Waals surface area contributed by atoms with Gasteiger partial charge in [0.2, 0.25) is 17.6 Å². The number of likely N-dealkylation sites (tertiary alicyclic amines) is 1. The first-order valence-electron chi connectivity index (χ1n) is 10.1.